The zero-order chi connectivity index (χ0) is 18.6. The van der Waals surface area contributed by atoms with Gasteiger partial charge < -0.3 is 14.2 Å². The fraction of sp³-hybridized carbons (Fsp3) is 0.333. The number of hydrogen-bond acceptors (Lipinski definition) is 7. The molecule has 0 aliphatic carbocycles. The van der Waals surface area contributed by atoms with Gasteiger partial charge in [-0.05, 0) is 6.92 Å². The van der Waals surface area contributed by atoms with Crippen LogP contribution < -0.4 is 14.2 Å². The molecule has 0 atom stereocenters. The summed E-state index contributed by atoms with van der Waals surface area (Å²) >= 11 is 0. The number of hydrogen-bond donors (Lipinski definition) is 1. The highest BCUT2D eigenvalue weighted by Gasteiger charge is 2.23. The van der Waals surface area contributed by atoms with Crippen molar-refractivity contribution in [2.75, 3.05) is 26.1 Å². The molecule has 0 bridgehead atoms. The van der Waals surface area contributed by atoms with Crippen molar-refractivity contribution >= 4 is 21.7 Å². The average Bonchev–Trinajstić information content (AvgIpc) is 3.10. The number of nitrogens with zero attached hydrogens (tertiary/aromatic N) is 2. The van der Waals surface area contributed by atoms with Gasteiger partial charge in [0.2, 0.25) is 0 Å². The van der Waals surface area contributed by atoms with Gasteiger partial charge in [-0.25, -0.2) is 13.2 Å². The molecule has 0 saturated heterocycles. The summed E-state index contributed by atoms with van der Waals surface area (Å²) in [4.78, 5) is 12.0. The largest absolute Gasteiger partial charge is 0.493 e. The number of carbonyl (C=O) groups is 1. The summed E-state index contributed by atoms with van der Waals surface area (Å²) < 4.78 is 44.0. The second-order valence-corrected chi connectivity index (χ2v) is 6.56. The smallest absolute Gasteiger partial charge is 0.340 e. The highest BCUT2D eigenvalue weighted by molar-refractivity contribution is 7.92. The second-order valence-electron chi connectivity index (χ2n) is 4.88. The van der Waals surface area contributed by atoms with Crippen LogP contribution >= 0.6 is 0 Å². The number of aryl methyl sites for hydroxylation is 1. The van der Waals surface area contributed by atoms with Crippen LogP contribution in [0.15, 0.2) is 29.4 Å². The molecule has 0 saturated carbocycles. The number of sulfonamides is 1. The van der Waals surface area contributed by atoms with Crippen LogP contribution in [-0.2, 0) is 21.3 Å². The quantitative estimate of drug-likeness (QED) is 0.737. The lowest BCUT2D eigenvalue weighted by molar-refractivity contribution is 0.0601. The van der Waals surface area contributed by atoms with Crippen LogP contribution in [0, 0.1) is 0 Å². The van der Waals surface area contributed by atoms with E-state index in [1.165, 1.54) is 50.5 Å². The zero-order valence-corrected chi connectivity index (χ0v) is 15.1. The first kappa shape index (κ1) is 18.6. The molecule has 0 unspecified atom stereocenters. The molecule has 0 amide bonds. The van der Waals surface area contributed by atoms with E-state index in [0.29, 0.717) is 6.54 Å². The van der Waals surface area contributed by atoms with Crippen molar-refractivity contribution < 1.29 is 27.4 Å². The minimum Gasteiger partial charge on any atom is -0.493 e. The molecule has 2 rings (SSSR count). The first-order valence-corrected chi connectivity index (χ1v) is 8.74. The molecule has 0 radical (unpaired) electrons. The summed E-state index contributed by atoms with van der Waals surface area (Å²) in [7, 11) is 0.0548. The van der Waals surface area contributed by atoms with Gasteiger partial charge in [-0.2, -0.15) is 5.10 Å². The Labute approximate surface area is 145 Å². The lowest BCUT2D eigenvalue weighted by Crippen LogP contribution is -2.16. The Morgan fingerprint density at radius 2 is 1.84 bits per heavy atom. The molecule has 0 spiro atoms. The topological polar surface area (TPSA) is 109 Å². The number of anilines is 1. The molecule has 9 nitrogen and oxygen atoms in total. The van der Waals surface area contributed by atoms with Crippen LogP contribution in [0.2, 0.25) is 0 Å². The molecular weight excluding hydrogens is 350 g/mol. The van der Waals surface area contributed by atoms with E-state index in [1.54, 1.807) is 0 Å². The monoisotopic (exact) mass is 369 g/mol. The van der Waals surface area contributed by atoms with Crippen molar-refractivity contribution in [2.24, 2.45) is 0 Å². The van der Waals surface area contributed by atoms with Gasteiger partial charge in [-0.3, -0.25) is 9.40 Å². The maximum atomic E-state index is 12.6. The minimum absolute atomic E-state index is 0.00777. The molecule has 0 aliphatic rings. The number of rotatable bonds is 7. The molecule has 1 aromatic heterocycles. The summed E-state index contributed by atoms with van der Waals surface area (Å²) in [6.45, 7) is 2.36. The number of nitrogens with one attached hydrogen (secondary N) is 1. The average molecular weight is 369 g/mol. The lowest BCUT2D eigenvalue weighted by atomic mass is 10.1. The third kappa shape index (κ3) is 3.85. The van der Waals surface area contributed by atoms with E-state index in [0.717, 1.165) is 0 Å². The fourth-order valence-electron chi connectivity index (χ4n) is 2.10. The number of esters is 1. The molecule has 0 aliphatic heterocycles. The van der Waals surface area contributed by atoms with Crippen LogP contribution in [0.25, 0.3) is 0 Å². The van der Waals surface area contributed by atoms with Gasteiger partial charge in [0.1, 0.15) is 4.90 Å². The first-order valence-electron chi connectivity index (χ1n) is 7.25. The first-order chi connectivity index (χ1) is 11.9. The van der Waals surface area contributed by atoms with Gasteiger partial charge in [0.15, 0.2) is 11.5 Å². The third-order valence-electron chi connectivity index (χ3n) is 3.42. The van der Waals surface area contributed by atoms with E-state index >= 15 is 0 Å². The van der Waals surface area contributed by atoms with E-state index in [2.05, 4.69) is 9.82 Å². The van der Waals surface area contributed by atoms with Crippen molar-refractivity contribution in [1.82, 2.24) is 9.78 Å². The summed E-state index contributed by atoms with van der Waals surface area (Å²) in [6.07, 6.45) is 2.62. The molecule has 136 valence electrons. The van der Waals surface area contributed by atoms with Crippen LogP contribution in [0.5, 0.6) is 11.5 Å². The molecular formula is C15H19N3O6S. The Morgan fingerprint density at radius 1 is 1.20 bits per heavy atom. The summed E-state index contributed by atoms with van der Waals surface area (Å²) in [5.74, 6) is -0.190. The van der Waals surface area contributed by atoms with Crippen molar-refractivity contribution in [1.29, 1.82) is 0 Å². The fourth-order valence-corrected chi connectivity index (χ4v) is 3.12. The van der Waals surface area contributed by atoms with Crippen LogP contribution in [0.4, 0.5) is 5.69 Å². The Morgan fingerprint density at radius 3 is 2.36 bits per heavy atom. The van der Waals surface area contributed by atoms with Crippen molar-refractivity contribution in [3.05, 3.63) is 30.1 Å². The summed E-state index contributed by atoms with van der Waals surface area (Å²) in [5, 5.41) is 3.94. The molecule has 1 aromatic carbocycles. The Kier molecular flexibility index (Phi) is 5.52. The van der Waals surface area contributed by atoms with Crippen LogP contribution in [0.3, 0.4) is 0 Å². The van der Waals surface area contributed by atoms with Crippen molar-refractivity contribution in [3.63, 3.8) is 0 Å². The maximum absolute atomic E-state index is 12.6. The third-order valence-corrected chi connectivity index (χ3v) is 4.74. The lowest BCUT2D eigenvalue weighted by Gasteiger charge is -2.15. The van der Waals surface area contributed by atoms with Gasteiger partial charge in [0.05, 0.1) is 38.8 Å². The molecule has 2 aromatic rings. The van der Waals surface area contributed by atoms with E-state index in [4.69, 9.17) is 14.2 Å². The minimum atomic E-state index is -3.95. The Hall–Kier alpha value is -2.75. The summed E-state index contributed by atoms with van der Waals surface area (Å²) in [6, 6.07) is 2.70. The zero-order valence-electron chi connectivity index (χ0n) is 14.3. The molecule has 0 fully saturated rings. The standard InChI is InChI=1S/C15H19N3O6S/c1-5-18-9-10(8-16-18)25(20,21)17-12-7-14(23-3)13(22-2)6-11(12)15(19)24-4/h6-9,17H,5H2,1-4H3. The number of methoxy groups -OCH3 is 3. The second kappa shape index (κ2) is 7.43. The molecule has 1 N–H and O–H groups in total. The van der Waals surface area contributed by atoms with E-state index < -0.39 is 16.0 Å². The summed E-state index contributed by atoms with van der Waals surface area (Å²) in [5.41, 5.74) is 0.000330. The molecule has 25 heavy (non-hydrogen) atoms. The number of aromatic nitrogens is 2. The van der Waals surface area contributed by atoms with Crippen molar-refractivity contribution in [3.8, 4) is 11.5 Å². The van der Waals surface area contributed by atoms with Gasteiger partial charge in [-0.1, -0.05) is 0 Å². The molecule has 10 heteroatoms. The van der Waals surface area contributed by atoms with Gasteiger partial charge in [-0.15, -0.1) is 0 Å². The maximum Gasteiger partial charge on any atom is 0.340 e. The number of benzene rings is 1. The molecule has 1 heterocycles. The Bertz CT molecular complexity index is 875. The van der Waals surface area contributed by atoms with Gasteiger partial charge in [0, 0.05) is 24.9 Å². The van der Waals surface area contributed by atoms with Gasteiger partial charge >= 0.3 is 5.97 Å². The SMILES string of the molecule is CCn1cc(S(=O)(=O)Nc2cc(OC)c(OC)cc2C(=O)OC)cn1. The normalized spacial score (nSPS) is 11.0. The number of ether oxygens (including phenoxy) is 3. The van der Waals surface area contributed by atoms with E-state index in [9.17, 15) is 13.2 Å². The predicted octanol–water partition coefficient (Wildman–Crippen LogP) is 1.51. The highest BCUT2D eigenvalue weighted by Crippen LogP contribution is 2.34. The van der Waals surface area contributed by atoms with E-state index in [1.807, 2.05) is 6.92 Å². The van der Waals surface area contributed by atoms with Crippen molar-refractivity contribution in [2.45, 2.75) is 18.4 Å². The number of carbonyl (C=O) groups excluding carboxylic acids is 1. The Balaban J connectivity index is 2.51. The van der Waals surface area contributed by atoms with Crippen LogP contribution in [0.1, 0.15) is 17.3 Å². The highest BCUT2D eigenvalue weighted by atomic mass is 32.2. The van der Waals surface area contributed by atoms with Crippen LogP contribution in [-0.4, -0.2) is 45.5 Å². The van der Waals surface area contributed by atoms with Gasteiger partial charge in [0.25, 0.3) is 10.0 Å². The predicted molar refractivity (Wildman–Crippen MR) is 89.6 cm³/mol. The van der Waals surface area contributed by atoms with E-state index in [-0.39, 0.29) is 27.6 Å².